The number of hydrogen-bond donors (Lipinski definition) is 4. The van der Waals surface area contributed by atoms with Gasteiger partial charge >= 0.3 is 12.1 Å². The van der Waals surface area contributed by atoms with Crippen molar-refractivity contribution >= 4 is 23.9 Å². The van der Waals surface area contributed by atoms with E-state index < -0.39 is 48.2 Å². The third-order valence-electron chi connectivity index (χ3n) is 4.17. The van der Waals surface area contributed by atoms with Gasteiger partial charge in [-0.2, -0.15) is 0 Å². The Morgan fingerprint density at radius 3 is 2.44 bits per heavy atom. The maximum atomic E-state index is 13.1. The number of esters is 1. The van der Waals surface area contributed by atoms with Gasteiger partial charge in [0, 0.05) is 12.6 Å². The number of rotatable bonds is 10. The molecule has 0 saturated carbocycles. The van der Waals surface area contributed by atoms with Gasteiger partial charge in [0.05, 0.1) is 19.6 Å². The van der Waals surface area contributed by atoms with E-state index in [-0.39, 0.29) is 30.9 Å². The maximum Gasteiger partial charge on any atom is 0.408 e. The van der Waals surface area contributed by atoms with Gasteiger partial charge in [-0.25, -0.2) is 4.79 Å². The Morgan fingerprint density at radius 2 is 1.91 bits per heavy atom. The number of nitrogens with one attached hydrogen (secondary N) is 2. The standard InChI is InChI=1S/C23H31N3O8/c1-6-26(21(31)17(14-27)25-22(32)34-23(3,4)5)19(15-9-8-10-16(28)13-15)20(30)24-12-11-18(29)33-7-2/h1,8-10,13,17,19,27-28H,7,11-12,14H2,2-5H3,(H,24,30)(H,25,32). The number of aliphatic hydroxyl groups excluding tert-OH is 1. The van der Waals surface area contributed by atoms with Crippen LogP contribution in [0.1, 0.15) is 45.7 Å². The molecule has 4 N–H and O–H groups in total. The highest BCUT2D eigenvalue weighted by Gasteiger charge is 2.35. The first-order valence-electron chi connectivity index (χ1n) is 10.5. The fourth-order valence-electron chi connectivity index (χ4n) is 2.80. The van der Waals surface area contributed by atoms with E-state index in [0.717, 1.165) is 0 Å². The molecule has 1 aromatic carbocycles. The van der Waals surface area contributed by atoms with Gasteiger partial charge in [-0.1, -0.05) is 18.6 Å². The molecule has 186 valence electrons. The van der Waals surface area contributed by atoms with E-state index in [9.17, 15) is 29.4 Å². The third-order valence-corrected chi connectivity index (χ3v) is 4.17. The highest BCUT2D eigenvalue weighted by Crippen LogP contribution is 2.25. The molecule has 0 heterocycles. The number of terminal acetylenes is 1. The number of hydrogen-bond acceptors (Lipinski definition) is 8. The maximum absolute atomic E-state index is 13.1. The number of phenols is 1. The summed E-state index contributed by atoms with van der Waals surface area (Å²) in [5.74, 6) is -2.43. The summed E-state index contributed by atoms with van der Waals surface area (Å²) in [7, 11) is 0. The normalized spacial score (nSPS) is 12.5. The number of amides is 3. The van der Waals surface area contributed by atoms with Gasteiger partial charge in [-0.05, 0) is 45.4 Å². The van der Waals surface area contributed by atoms with Crippen molar-refractivity contribution in [3.63, 3.8) is 0 Å². The number of carbonyl (C=O) groups excluding carboxylic acids is 4. The fourth-order valence-corrected chi connectivity index (χ4v) is 2.80. The number of alkyl carbamates (subject to hydrolysis) is 1. The lowest BCUT2D eigenvalue weighted by molar-refractivity contribution is -0.143. The van der Waals surface area contributed by atoms with Crippen LogP contribution in [0.3, 0.4) is 0 Å². The van der Waals surface area contributed by atoms with Gasteiger partial charge in [0.2, 0.25) is 5.91 Å². The van der Waals surface area contributed by atoms with Crippen molar-refractivity contribution in [1.82, 2.24) is 15.5 Å². The van der Waals surface area contributed by atoms with Crippen LogP contribution in [0, 0.1) is 12.5 Å². The van der Waals surface area contributed by atoms with Crippen LogP contribution < -0.4 is 10.6 Å². The van der Waals surface area contributed by atoms with Crippen LogP contribution in [-0.2, 0) is 23.9 Å². The lowest BCUT2D eigenvalue weighted by Crippen LogP contribution is -2.53. The minimum absolute atomic E-state index is 0.0980. The predicted octanol–water partition coefficient (Wildman–Crippen LogP) is 0.808. The molecule has 0 aliphatic rings. The van der Waals surface area contributed by atoms with Crippen molar-refractivity contribution in [1.29, 1.82) is 0 Å². The lowest BCUT2D eigenvalue weighted by Gasteiger charge is -2.29. The summed E-state index contributed by atoms with van der Waals surface area (Å²) >= 11 is 0. The van der Waals surface area contributed by atoms with Crippen LogP contribution in [0.2, 0.25) is 0 Å². The molecule has 11 nitrogen and oxygen atoms in total. The molecule has 34 heavy (non-hydrogen) atoms. The van der Waals surface area contributed by atoms with Gasteiger partial charge in [-0.15, -0.1) is 0 Å². The molecular formula is C23H31N3O8. The molecule has 0 saturated heterocycles. The van der Waals surface area contributed by atoms with E-state index in [1.165, 1.54) is 24.3 Å². The molecule has 3 amide bonds. The highest BCUT2D eigenvalue weighted by atomic mass is 16.6. The number of aromatic hydroxyl groups is 1. The summed E-state index contributed by atoms with van der Waals surface area (Å²) in [6, 6.07) is 4.66. The van der Waals surface area contributed by atoms with E-state index in [1.54, 1.807) is 27.7 Å². The summed E-state index contributed by atoms with van der Waals surface area (Å²) in [5.41, 5.74) is -0.698. The Labute approximate surface area is 198 Å². The van der Waals surface area contributed by atoms with E-state index >= 15 is 0 Å². The van der Waals surface area contributed by atoms with Gasteiger partial charge in [0.15, 0.2) is 0 Å². The van der Waals surface area contributed by atoms with Crippen molar-refractivity contribution in [3.05, 3.63) is 29.8 Å². The number of carbonyl (C=O) groups is 4. The second-order valence-electron chi connectivity index (χ2n) is 8.06. The molecule has 2 unspecified atom stereocenters. The Kier molecular flexibility index (Phi) is 10.8. The Bertz CT molecular complexity index is 920. The van der Waals surface area contributed by atoms with Crippen molar-refractivity contribution in [3.8, 4) is 18.2 Å². The van der Waals surface area contributed by atoms with Gasteiger partial charge in [-0.3, -0.25) is 19.3 Å². The molecule has 0 fully saturated rings. The average Bonchev–Trinajstić information content (AvgIpc) is 2.74. The second-order valence-corrected chi connectivity index (χ2v) is 8.06. The summed E-state index contributed by atoms with van der Waals surface area (Å²) in [6.07, 6.45) is 4.46. The van der Waals surface area contributed by atoms with Crippen molar-refractivity contribution in [2.75, 3.05) is 19.8 Å². The number of phenolic OH excluding ortho intramolecular Hbond substituents is 1. The number of aliphatic hydroxyl groups is 1. The molecule has 11 heteroatoms. The molecule has 0 spiro atoms. The molecule has 0 aromatic heterocycles. The minimum atomic E-state index is -1.52. The summed E-state index contributed by atoms with van der Waals surface area (Å²) in [6.45, 7) is 5.77. The van der Waals surface area contributed by atoms with Crippen LogP contribution in [0.4, 0.5) is 4.79 Å². The Balaban J connectivity index is 3.17. The first kappa shape index (κ1) is 28.3. The zero-order valence-corrected chi connectivity index (χ0v) is 19.7. The first-order valence-corrected chi connectivity index (χ1v) is 10.5. The Morgan fingerprint density at radius 1 is 1.24 bits per heavy atom. The SMILES string of the molecule is C#CN(C(=O)C(CO)NC(=O)OC(C)(C)C)C(C(=O)NCCC(=O)OCC)c1cccc(O)c1. The molecule has 0 aliphatic heterocycles. The van der Waals surface area contributed by atoms with E-state index in [2.05, 4.69) is 16.7 Å². The largest absolute Gasteiger partial charge is 0.508 e. The second kappa shape index (κ2) is 13.1. The van der Waals surface area contributed by atoms with Crippen molar-refractivity contribution in [2.45, 2.75) is 51.8 Å². The lowest BCUT2D eigenvalue weighted by atomic mass is 10.0. The molecule has 0 aliphatic carbocycles. The topological polar surface area (TPSA) is 154 Å². The van der Waals surface area contributed by atoms with Crippen LogP contribution in [0.5, 0.6) is 5.75 Å². The van der Waals surface area contributed by atoms with Crippen LogP contribution in [0.25, 0.3) is 0 Å². The average molecular weight is 478 g/mol. The zero-order valence-electron chi connectivity index (χ0n) is 19.7. The van der Waals surface area contributed by atoms with Gasteiger partial charge in [0.25, 0.3) is 5.91 Å². The van der Waals surface area contributed by atoms with E-state index in [0.29, 0.717) is 4.90 Å². The quantitative estimate of drug-likeness (QED) is 0.219. The molecule has 0 bridgehead atoms. The monoisotopic (exact) mass is 477 g/mol. The van der Waals surface area contributed by atoms with Crippen LogP contribution in [0.15, 0.2) is 24.3 Å². The third kappa shape index (κ3) is 8.99. The summed E-state index contributed by atoms with van der Waals surface area (Å²) in [4.78, 5) is 50.5. The predicted molar refractivity (Wildman–Crippen MR) is 121 cm³/mol. The summed E-state index contributed by atoms with van der Waals surface area (Å²) in [5, 5.41) is 24.3. The molecule has 0 radical (unpaired) electrons. The van der Waals surface area contributed by atoms with Gasteiger partial charge < -0.3 is 30.3 Å². The van der Waals surface area contributed by atoms with Crippen molar-refractivity contribution < 1.29 is 38.9 Å². The van der Waals surface area contributed by atoms with E-state index in [1.807, 2.05) is 0 Å². The molecule has 1 aromatic rings. The number of ether oxygens (including phenoxy) is 2. The highest BCUT2D eigenvalue weighted by molar-refractivity contribution is 5.93. The fraction of sp³-hybridized carbons (Fsp3) is 0.478. The molecule has 1 rings (SSSR count). The van der Waals surface area contributed by atoms with E-state index in [4.69, 9.17) is 15.9 Å². The molecular weight excluding hydrogens is 446 g/mol. The van der Waals surface area contributed by atoms with Crippen LogP contribution >= 0.6 is 0 Å². The smallest absolute Gasteiger partial charge is 0.408 e. The van der Waals surface area contributed by atoms with Crippen LogP contribution in [-0.4, -0.2) is 70.4 Å². The Hall–Kier alpha value is -3.78. The van der Waals surface area contributed by atoms with Gasteiger partial charge in [0.1, 0.15) is 23.4 Å². The number of benzene rings is 1. The summed E-state index contributed by atoms with van der Waals surface area (Å²) < 4.78 is 9.91. The first-order chi connectivity index (χ1) is 15.9. The molecule has 2 atom stereocenters. The number of nitrogens with zero attached hydrogens (tertiary/aromatic N) is 1. The van der Waals surface area contributed by atoms with Crippen molar-refractivity contribution in [2.24, 2.45) is 0 Å². The minimum Gasteiger partial charge on any atom is -0.508 e. The zero-order chi connectivity index (χ0) is 25.9.